The van der Waals surface area contributed by atoms with E-state index in [9.17, 15) is 4.79 Å². The number of piperidine rings is 1. The van der Waals surface area contributed by atoms with Crippen molar-refractivity contribution in [3.8, 4) is 5.75 Å². The van der Waals surface area contributed by atoms with Gasteiger partial charge in [-0.3, -0.25) is 4.79 Å². The molecule has 0 bridgehead atoms. The summed E-state index contributed by atoms with van der Waals surface area (Å²) in [4.78, 5) is 11.3. The molecule has 0 aliphatic carbocycles. The van der Waals surface area contributed by atoms with Gasteiger partial charge in [0.25, 0.3) is 0 Å². The Hall–Kier alpha value is -1.55. The number of hydrogen-bond acceptors (Lipinski definition) is 3. The van der Waals surface area contributed by atoms with E-state index in [-0.39, 0.29) is 5.91 Å². The topological polar surface area (TPSA) is 50.4 Å². The molecule has 1 aliphatic rings. The molecular formula is C15H22N2O2. The van der Waals surface area contributed by atoms with Gasteiger partial charge in [-0.1, -0.05) is 12.1 Å². The van der Waals surface area contributed by atoms with Crippen molar-refractivity contribution in [3.63, 3.8) is 0 Å². The van der Waals surface area contributed by atoms with Crippen LogP contribution in [0.25, 0.3) is 0 Å². The molecule has 4 nitrogen and oxygen atoms in total. The van der Waals surface area contributed by atoms with E-state index in [4.69, 9.17) is 4.74 Å². The van der Waals surface area contributed by atoms with Crippen LogP contribution in [0.4, 0.5) is 5.69 Å². The standard InChI is InChI=1S/C15H22N2O2/c1-11(18)17-15-13(6-3-7-14(15)19-2)9-12-5-4-8-16-10-12/h3,6-7,12,16H,4-5,8-10H2,1-2H3,(H,17,18). The normalized spacial score (nSPS) is 18.9. The van der Waals surface area contributed by atoms with E-state index in [0.29, 0.717) is 5.92 Å². The summed E-state index contributed by atoms with van der Waals surface area (Å²) in [6.45, 7) is 3.70. The van der Waals surface area contributed by atoms with E-state index >= 15 is 0 Å². The molecule has 4 heteroatoms. The highest BCUT2D eigenvalue weighted by molar-refractivity contribution is 5.91. The Labute approximate surface area is 114 Å². The lowest BCUT2D eigenvalue weighted by Gasteiger charge is -2.24. The first kappa shape index (κ1) is 13.9. The van der Waals surface area contributed by atoms with Gasteiger partial charge in [-0.05, 0) is 49.9 Å². The minimum atomic E-state index is -0.0625. The molecule has 0 aromatic heterocycles. The second kappa shape index (κ2) is 6.57. The molecule has 1 heterocycles. The van der Waals surface area contributed by atoms with Gasteiger partial charge in [-0.2, -0.15) is 0 Å². The molecule has 1 aromatic carbocycles. The van der Waals surface area contributed by atoms with Gasteiger partial charge in [0.15, 0.2) is 0 Å². The molecule has 0 saturated carbocycles. The number of carbonyl (C=O) groups excluding carboxylic acids is 1. The summed E-state index contributed by atoms with van der Waals surface area (Å²) >= 11 is 0. The number of carbonyl (C=O) groups is 1. The Kier molecular flexibility index (Phi) is 4.80. The molecule has 104 valence electrons. The third-order valence-electron chi connectivity index (χ3n) is 3.54. The molecule has 19 heavy (non-hydrogen) atoms. The SMILES string of the molecule is COc1cccc(CC2CCCNC2)c1NC(C)=O. The molecule has 2 rings (SSSR count). The molecule has 1 unspecified atom stereocenters. The van der Waals surface area contributed by atoms with Crippen LogP contribution < -0.4 is 15.4 Å². The average Bonchev–Trinajstić information content (AvgIpc) is 2.41. The van der Waals surface area contributed by atoms with Crippen LogP contribution in [-0.2, 0) is 11.2 Å². The number of methoxy groups -OCH3 is 1. The molecule has 1 aliphatic heterocycles. The predicted molar refractivity (Wildman–Crippen MR) is 76.6 cm³/mol. The van der Waals surface area contributed by atoms with Gasteiger partial charge in [0.1, 0.15) is 5.75 Å². The average molecular weight is 262 g/mol. The van der Waals surface area contributed by atoms with Crippen molar-refractivity contribution in [1.82, 2.24) is 5.32 Å². The smallest absolute Gasteiger partial charge is 0.221 e. The molecular weight excluding hydrogens is 240 g/mol. The first-order chi connectivity index (χ1) is 9.20. The van der Waals surface area contributed by atoms with Crippen LogP contribution in [0.1, 0.15) is 25.3 Å². The van der Waals surface area contributed by atoms with Crippen molar-refractivity contribution in [1.29, 1.82) is 0 Å². The quantitative estimate of drug-likeness (QED) is 0.874. The lowest BCUT2D eigenvalue weighted by molar-refractivity contribution is -0.114. The maximum Gasteiger partial charge on any atom is 0.221 e. The highest BCUT2D eigenvalue weighted by Crippen LogP contribution is 2.31. The number of amides is 1. The van der Waals surface area contributed by atoms with Crippen LogP contribution in [-0.4, -0.2) is 26.1 Å². The van der Waals surface area contributed by atoms with E-state index in [2.05, 4.69) is 16.7 Å². The van der Waals surface area contributed by atoms with Crippen molar-refractivity contribution < 1.29 is 9.53 Å². The van der Waals surface area contributed by atoms with Crippen molar-refractivity contribution >= 4 is 11.6 Å². The van der Waals surface area contributed by atoms with E-state index in [1.165, 1.54) is 19.8 Å². The molecule has 1 fully saturated rings. The Morgan fingerprint density at radius 1 is 1.53 bits per heavy atom. The first-order valence-electron chi connectivity index (χ1n) is 6.85. The minimum Gasteiger partial charge on any atom is -0.495 e. The lowest BCUT2D eigenvalue weighted by Crippen LogP contribution is -2.31. The summed E-state index contributed by atoms with van der Waals surface area (Å²) in [5.41, 5.74) is 1.98. The Bertz CT molecular complexity index is 440. The summed E-state index contributed by atoms with van der Waals surface area (Å²) in [7, 11) is 1.63. The molecule has 0 radical (unpaired) electrons. The minimum absolute atomic E-state index is 0.0625. The fourth-order valence-corrected chi connectivity index (χ4v) is 2.64. The maximum atomic E-state index is 11.3. The van der Waals surface area contributed by atoms with Gasteiger partial charge in [-0.25, -0.2) is 0 Å². The maximum absolute atomic E-state index is 11.3. The molecule has 0 spiro atoms. The number of rotatable bonds is 4. The van der Waals surface area contributed by atoms with Crippen molar-refractivity contribution in [2.24, 2.45) is 5.92 Å². The summed E-state index contributed by atoms with van der Waals surface area (Å²) in [5.74, 6) is 1.30. The largest absolute Gasteiger partial charge is 0.495 e. The first-order valence-corrected chi connectivity index (χ1v) is 6.85. The number of anilines is 1. The van der Waals surface area contributed by atoms with Gasteiger partial charge in [0.05, 0.1) is 12.8 Å². The monoisotopic (exact) mass is 262 g/mol. The highest BCUT2D eigenvalue weighted by Gasteiger charge is 2.17. The molecule has 1 aromatic rings. The van der Waals surface area contributed by atoms with E-state index in [0.717, 1.165) is 36.5 Å². The number of nitrogens with one attached hydrogen (secondary N) is 2. The zero-order valence-electron chi connectivity index (χ0n) is 11.7. The zero-order valence-corrected chi connectivity index (χ0v) is 11.7. The highest BCUT2D eigenvalue weighted by atomic mass is 16.5. The van der Waals surface area contributed by atoms with E-state index in [1.807, 2.05) is 12.1 Å². The van der Waals surface area contributed by atoms with E-state index in [1.54, 1.807) is 7.11 Å². The van der Waals surface area contributed by atoms with Crippen LogP contribution in [0.3, 0.4) is 0 Å². The fraction of sp³-hybridized carbons (Fsp3) is 0.533. The number of benzene rings is 1. The third kappa shape index (κ3) is 3.70. The van der Waals surface area contributed by atoms with Crippen molar-refractivity contribution in [2.75, 3.05) is 25.5 Å². The molecule has 2 N–H and O–H groups in total. The summed E-state index contributed by atoms with van der Waals surface area (Å²) < 4.78 is 5.35. The second-order valence-corrected chi connectivity index (χ2v) is 5.09. The van der Waals surface area contributed by atoms with Crippen LogP contribution in [0.2, 0.25) is 0 Å². The Morgan fingerprint density at radius 3 is 3.00 bits per heavy atom. The van der Waals surface area contributed by atoms with Gasteiger partial charge in [0, 0.05) is 6.92 Å². The number of ether oxygens (including phenoxy) is 1. The predicted octanol–water partition coefficient (Wildman–Crippen LogP) is 2.20. The van der Waals surface area contributed by atoms with Gasteiger partial charge in [-0.15, -0.1) is 0 Å². The second-order valence-electron chi connectivity index (χ2n) is 5.09. The molecule has 1 atom stereocenters. The van der Waals surface area contributed by atoms with Gasteiger partial charge in [0.2, 0.25) is 5.91 Å². The van der Waals surface area contributed by atoms with E-state index < -0.39 is 0 Å². The molecule has 1 amide bonds. The van der Waals surface area contributed by atoms with Gasteiger partial charge >= 0.3 is 0 Å². The van der Waals surface area contributed by atoms with Crippen LogP contribution in [0, 0.1) is 5.92 Å². The number of para-hydroxylation sites is 1. The van der Waals surface area contributed by atoms with Crippen molar-refractivity contribution in [2.45, 2.75) is 26.2 Å². The third-order valence-corrected chi connectivity index (χ3v) is 3.54. The number of hydrogen-bond donors (Lipinski definition) is 2. The Morgan fingerprint density at radius 2 is 2.37 bits per heavy atom. The van der Waals surface area contributed by atoms with Crippen LogP contribution in [0.15, 0.2) is 18.2 Å². The summed E-state index contributed by atoms with van der Waals surface area (Å²) in [6, 6.07) is 5.94. The molecule has 1 saturated heterocycles. The summed E-state index contributed by atoms with van der Waals surface area (Å²) in [6.07, 6.45) is 3.44. The lowest BCUT2D eigenvalue weighted by atomic mass is 9.91. The van der Waals surface area contributed by atoms with Gasteiger partial charge < -0.3 is 15.4 Å². The fourth-order valence-electron chi connectivity index (χ4n) is 2.64. The Balaban J connectivity index is 2.19. The van der Waals surface area contributed by atoms with Crippen LogP contribution >= 0.6 is 0 Å². The van der Waals surface area contributed by atoms with Crippen molar-refractivity contribution in [3.05, 3.63) is 23.8 Å². The van der Waals surface area contributed by atoms with Crippen LogP contribution in [0.5, 0.6) is 5.75 Å². The summed E-state index contributed by atoms with van der Waals surface area (Å²) in [5, 5.41) is 6.32. The zero-order chi connectivity index (χ0) is 13.7.